The van der Waals surface area contributed by atoms with Crippen molar-refractivity contribution in [1.82, 2.24) is 10.3 Å². The molecule has 21 heavy (non-hydrogen) atoms. The molecule has 1 unspecified atom stereocenters. The summed E-state index contributed by atoms with van der Waals surface area (Å²) >= 11 is 0. The quantitative estimate of drug-likeness (QED) is 0.897. The number of nitrogens with zero attached hydrogens (tertiary/aromatic N) is 1. The van der Waals surface area contributed by atoms with Gasteiger partial charge in [-0.25, -0.2) is 0 Å². The first-order valence-electron chi connectivity index (χ1n) is 7.35. The van der Waals surface area contributed by atoms with Gasteiger partial charge in [0.1, 0.15) is 11.9 Å². The smallest absolute Gasteiger partial charge is 0.127 e. The molecule has 1 aromatic carbocycles. The summed E-state index contributed by atoms with van der Waals surface area (Å²) in [5.41, 5.74) is 2.32. The topological polar surface area (TPSA) is 34.1 Å². The van der Waals surface area contributed by atoms with Crippen LogP contribution in [0.4, 0.5) is 0 Å². The third kappa shape index (κ3) is 4.87. The molecule has 3 heteroatoms. The number of nitrogens with one attached hydrogen (secondary N) is 1. The normalized spacial score (nSPS) is 13.0. The van der Waals surface area contributed by atoms with Crippen LogP contribution in [0.15, 0.2) is 48.8 Å². The fourth-order valence-electron chi connectivity index (χ4n) is 2.01. The molecule has 1 atom stereocenters. The highest BCUT2D eigenvalue weighted by Crippen LogP contribution is 2.24. The van der Waals surface area contributed by atoms with E-state index in [2.05, 4.69) is 50.1 Å². The van der Waals surface area contributed by atoms with Gasteiger partial charge in [0.25, 0.3) is 0 Å². The van der Waals surface area contributed by atoms with Gasteiger partial charge >= 0.3 is 0 Å². The average Bonchev–Trinajstić information content (AvgIpc) is 2.46. The van der Waals surface area contributed by atoms with Gasteiger partial charge in [0.15, 0.2) is 0 Å². The molecule has 0 amide bonds. The minimum atomic E-state index is 0.0157. The molecule has 0 spiro atoms. The Hall–Kier alpha value is -1.87. The Labute approximate surface area is 127 Å². The molecular weight excluding hydrogens is 260 g/mol. The zero-order valence-corrected chi connectivity index (χ0v) is 13.3. The Morgan fingerprint density at radius 2 is 1.86 bits per heavy atom. The molecule has 1 N–H and O–H groups in total. The van der Waals surface area contributed by atoms with Gasteiger partial charge in [-0.05, 0) is 39.3 Å². The zero-order chi connectivity index (χ0) is 15.3. The first kappa shape index (κ1) is 15.5. The van der Waals surface area contributed by atoms with E-state index in [1.165, 1.54) is 5.56 Å². The minimum absolute atomic E-state index is 0.0157. The second kappa shape index (κ2) is 6.72. The SMILES string of the molecule is CC(Oc1ccncc1CNC(C)(C)C)c1ccccc1. The number of hydrogen-bond acceptors (Lipinski definition) is 3. The lowest BCUT2D eigenvalue weighted by atomic mass is 10.1. The van der Waals surface area contributed by atoms with Crippen LogP contribution in [0.3, 0.4) is 0 Å². The van der Waals surface area contributed by atoms with Gasteiger partial charge < -0.3 is 10.1 Å². The summed E-state index contributed by atoms with van der Waals surface area (Å²) < 4.78 is 6.12. The third-order valence-electron chi connectivity index (χ3n) is 3.24. The molecule has 0 bridgehead atoms. The highest BCUT2D eigenvalue weighted by Gasteiger charge is 2.13. The van der Waals surface area contributed by atoms with Crippen molar-refractivity contribution in [3.8, 4) is 5.75 Å². The van der Waals surface area contributed by atoms with Crippen LogP contribution in [0, 0.1) is 0 Å². The second-order valence-corrected chi connectivity index (χ2v) is 6.26. The molecule has 0 saturated heterocycles. The fourth-order valence-corrected chi connectivity index (χ4v) is 2.01. The van der Waals surface area contributed by atoms with E-state index in [1.54, 1.807) is 6.20 Å². The molecule has 0 radical (unpaired) electrons. The van der Waals surface area contributed by atoms with Crippen molar-refractivity contribution in [2.75, 3.05) is 0 Å². The Morgan fingerprint density at radius 1 is 1.14 bits per heavy atom. The molecule has 0 fully saturated rings. The molecule has 0 saturated carbocycles. The van der Waals surface area contributed by atoms with E-state index in [0.29, 0.717) is 0 Å². The van der Waals surface area contributed by atoms with Crippen LogP contribution < -0.4 is 10.1 Å². The molecule has 0 aliphatic rings. The summed E-state index contributed by atoms with van der Waals surface area (Å²) in [6, 6.07) is 12.2. The molecule has 1 aromatic heterocycles. The Balaban J connectivity index is 2.09. The highest BCUT2D eigenvalue weighted by atomic mass is 16.5. The van der Waals surface area contributed by atoms with Crippen molar-refractivity contribution in [2.24, 2.45) is 0 Å². The average molecular weight is 284 g/mol. The number of rotatable bonds is 5. The molecule has 0 aliphatic heterocycles. The van der Waals surface area contributed by atoms with Gasteiger partial charge in [0, 0.05) is 30.0 Å². The Kier molecular flexibility index (Phi) is 4.97. The van der Waals surface area contributed by atoms with E-state index in [4.69, 9.17) is 4.74 Å². The summed E-state index contributed by atoms with van der Waals surface area (Å²) in [4.78, 5) is 4.21. The lowest BCUT2D eigenvalue weighted by Crippen LogP contribution is -2.35. The summed E-state index contributed by atoms with van der Waals surface area (Å²) in [6.45, 7) is 9.26. The number of pyridine rings is 1. The maximum absolute atomic E-state index is 6.12. The lowest BCUT2D eigenvalue weighted by molar-refractivity contribution is 0.223. The monoisotopic (exact) mass is 284 g/mol. The number of aromatic nitrogens is 1. The highest BCUT2D eigenvalue weighted by molar-refractivity contribution is 5.31. The maximum atomic E-state index is 6.12. The van der Waals surface area contributed by atoms with Crippen LogP contribution in [0.2, 0.25) is 0 Å². The van der Waals surface area contributed by atoms with Crippen molar-refractivity contribution < 1.29 is 4.74 Å². The van der Waals surface area contributed by atoms with Crippen molar-refractivity contribution >= 4 is 0 Å². The van der Waals surface area contributed by atoms with Crippen LogP contribution in [0.5, 0.6) is 5.75 Å². The van der Waals surface area contributed by atoms with Gasteiger partial charge in [0.05, 0.1) is 0 Å². The predicted molar refractivity (Wildman–Crippen MR) is 86.3 cm³/mol. The van der Waals surface area contributed by atoms with Crippen LogP contribution in [-0.2, 0) is 6.54 Å². The molecule has 112 valence electrons. The van der Waals surface area contributed by atoms with Gasteiger partial charge in [-0.15, -0.1) is 0 Å². The van der Waals surface area contributed by atoms with Gasteiger partial charge in [-0.2, -0.15) is 0 Å². The Morgan fingerprint density at radius 3 is 2.52 bits per heavy atom. The van der Waals surface area contributed by atoms with E-state index >= 15 is 0 Å². The fraction of sp³-hybridized carbons (Fsp3) is 0.389. The van der Waals surface area contributed by atoms with E-state index in [1.807, 2.05) is 30.5 Å². The predicted octanol–water partition coefficient (Wildman–Crippen LogP) is 4.11. The summed E-state index contributed by atoms with van der Waals surface area (Å²) in [5, 5.41) is 3.47. The van der Waals surface area contributed by atoms with Crippen molar-refractivity contribution in [2.45, 2.75) is 45.9 Å². The van der Waals surface area contributed by atoms with E-state index in [0.717, 1.165) is 17.9 Å². The number of hydrogen-bond donors (Lipinski definition) is 1. The van der Waals surface area contributed by atoms with Gasteiger partial charge in [-0.3, -0.25) is 4.98 Å². The largest absolute Gasteiger partial charge is 0.486 e. The number of benzene rings is 1. The minimum Gasteiger partial charge on any atom is -0.486 e. The van der Waals surface area contributed by atoms with Crippen LogP contribution in [0.1, 0.15) is 44.9 Å². The Bertz CT molecular complexity index is 561. The molecule has 2 aromatic rings. The second-order valence-electron chi connectivity index (χ2n) is 6.26. The summed E-state index contributed by atoms with van der Waals surface area (Å²) in [5.74, 6) is 0.887. The van der Waals surface area contributed by atoms with E-state index in [-0.39, 0.29) is 11.6 Å². The van der Waals surface area contributed by atoms with Crippen LogP contribution >= 0.6 is 0 Å². The van der Waals surface area contributed by atoms with Crippen molar-refractivity contribution in [3.05, 3.63) is 59.9 Å². The third-order valence-corrected chi connectivity index (χ3v) is 3.24. The first-order chi connectivity index (χ1) is 9.96. The standard InChI is InChI=1S/C18H24N2O/c1-14(15-8-6-5-7-9-15)21-17-10-11-19-12-16(17)13-20-18(2,3)4/h5-12,14,20H,13H2,1-4H3. The molecule has 0 aliphatic carbocycles. The number of ether oxygens (including phenoxy) is 1. The molecule has 1 heterocycles. The van der Waals surface area contributed by atoms with Gasteiger partial charge in [0.2, 0.25) is 0 Å². The van der Waals surface area contributed by atoms with Crippen LogP contribution in [-0.4, -0.2) is 10.5 Å². The van der Waals surface area contributed by atoms with Crippen LogP contribution in [0.25, 0.3) is 0 Å². The first-order valence-corrected chi connectivity index (χ1v) is 7.35. The lowest BCUT2D eigenvalue weighted by Gasteiger charge is -2.22. The molecule has 2 rings (SSSR count). The van der Waals surface area contributed by atoms with Gasteiger partial charge in [-0.1, -0.05) is 30.3 Å². The summed E-state index contributed by atoms with van der Waals surface area (Å²) in [7, 11) is 0. The molecular formula is C18H24N2O. The van der Waals surface area contributed by atoms with Crippen molar-refractivity contribution in [1.29, 1.82) is 0 Å². The van der Waals surface area contributed by atoms with Crippen molar-refractivity contribution in [3.63, 3.8) is 0 Å². The zero-order valence-electron chi connectivity index (χ0n) is 13.3. The van der Waals surface area contributed by atoms with E-state index < -0.39 is 0 Å². The maximum Gasteiger partial charge on any atom is 0.127 e. The summed E-state index contributed by atoms with van der Waals surface area (Å²) in [6.07, 6.45) is 3.65. The van der Waals surface area contributed by atoms with E-state index in [9.17, 15) is 0 Å². The molecule has 3 nitrogen and oxygen atoms in total.